The number of anilines is 1. The number of nitrogens with zero attached hydrogens (tertiary/aromatic N) is 3. The Morgan fingerprint density at radius 2 is 2.04 bits per heavy atom. The molecule has 132 valence electrons. The van der Waals surface area contributed by atoms with Gasteiger partial charge in [-0.2, -0.15) is 0 Å². The number of aromatic nitrogens is 3. The van der Waals surface area contributed by atoms with Crippen LogP contribution >= 0.6 is 0 Å². The predicted octanol–water partition coefficient (Wildman–Crippen LogP) is -1.33. The average molecular weight is 339 g/mol. The molecule has 4 unspecified atom stereocenters. The summed E-state index contributed by atoms with van der Waals surface area (Å²) in [5.41, 5.74) is 11.5. The number of aryl methyl sites for hydroxylation is 1. The number of carbonyl (C=O) groups is 1. The fraction of sp³-hybridized carbons (Fsp3) is 0.500. The second-order valence-electron chi connectivity index (χ2n) is 5.40. The van der Waals surface area contributed by atoms with Crippen molar-refractivity contribution in [1.29, 1.82) is 0 Å². The minimum atomic E-state index is -1.32. The van der Waals surface area contributed by atoms with Crippen molar-refractivity contribution >= 4 is 22.8 Å². The van der Waals surface area contributed by atoms with Gasteiger partial charge in [0, 0.05) is 6.20 Å². The lowest BCUT2D eigenvalue weighted by Crippen LogP contribution is -2.33. The largest absolute Gasteiger partial charge is 0.394 e. The number of rotatable bonds is 3. The van der Waals surface area contributed by atoms with Crippen LogP contribution in [0.1, 0.15) is 29.8 Å². The molecular formula is C14H21N5O5. The Hall–Kier alpha value is -2.27. The molecule has 0 bridgehead atoms. The molecule has 3 rings (SSSR count). The fourth-order valence-electron chi connectivity index (χ4n) is 2.78. The highest BCUT2D eigenvalue weighted by molar-refractivity contribution is 6.08. The lowest BCUT2D eigenvalue weighted by atomic mass is 10.1. The highest BCUT2D eigenvalue weighted by atomic mass is 16.6. The maximum absolute atomic E-state index is 11.7. The van der Waals surface area contributed by atoms with Crippen LogP contribution in [0.5, 0.6) is 0 Å². The first kappa shape index (κ1) is 18.1. The molecule has 24 heavy (non-hydrogen) atoms. The quantitative estimate of drug-likeness (QED) is 0.458. The van der Waals surface area contributed by atoms with Crippen LogP contribution in [0.3, 0.4) is 0 Å². The van der Waals surface area contributed by atoms with Gasteiger partial charge in [-0.05, 0) is 6.92 Å². The molecule has 0 aliphatic carbocycles. The van der Waals surface area contributed by atoms with Gasteiger partial charge in [-0.25, -0.2) is 9.97 Å². The Morgan fingerprint density at radius 1 is 1.38 bits per heavy atom. The summed E-state index contributed by atoms with van der Waals surface area (Å²) in [5.74, 6) is -0.302. The molecule has 0 spiro atoms. The zero-order valence-electron chi connectivity index (χ0n) is 12.2. The molecule has 0 aromatic carbocycles. The Balaban J connectivity index is 0.00000208. The van der Waals surface area contributed by atoms with Crippen molar-refractivity contribution < 1.29 is 24.9 Å². The number of ether oxygens (including phenoxy) is 1. The first-order valence-electron chi connectivity index (χ1n) is 6.92. The predicted molar refractivity (Wildman–Crippen MR) is 84.9 cm³/mol. The van der Waals surface area contributed by atoms with Gasteiger partial charge in [0.25, 0.3) is 5.91 Å². The summed E-state index contributed by atoms with van der Waals surface area (Å²) in [6, 6.07) is 0. The van der Waals surface area contributed by atoms with Gasteiger partial charge in [0.1, 0.15) is 35.6 Å². The van der Waals surface area contributed by atoms with Gasteiger partial charge >= 0.3 is 0 Å². The van der Waals surface area contributed by atoms with Crippen LogP contribution in [0, 0.1) is 6.92 Å². The van der Waals surface area contributed by atoms with E-state index in [9.17, 15) is 20.1 Å². The number of hydrogen-bond donors (Lipinski definition) is 5. The number of amides is 1. The number of aliphatic hydroxyl groups excluding tert-OH is 3. The number of nitrogen functional groups attached to an aromatic ring is 1. The second-order valence-corrected chi connectivity index (χ2v) is 5.40. The second kappa shape index (κ2) is 6.32. The molecule has 4 atom stereocenters. The van der Waals surface area contributed by atoms with Gasteiger partial charge in [0.2, 0.25) is 0 Å². The molecule has 2 aromatic rings. The Morgan fingerprint density at radius 3 is 2.58 bits per heavy atom. The van der Waals surface area contributed by atoms with Gasteiger partial charge in [-0.1, -0.05) is 7.43 Å². The van der Waals surface area contributed by atoms with E-state index in [0.29, 0.717) is 5.82 Å². The molecule has 10 nitrogen and oxygen atoms in total. The van der Waals surface area contributed by atoms with Crippen molar-refractivity contribution in [2.24, 2.45) is 5.73 Å². The molecule has 1 aliphatic rings. The van der Waals surface area contributed by atoms with E-state index in [0.717, 1.165) is 0 Å². The molecule has 1 aliphatic heterocycles. The van der Waals surface area contributed by atoms with Crippen LogP contribution in [0.2, 0.25) is 0 Å². The number of hydrogen-bond acceptors (Lipinski definition) is 8. The molecule has 3 heterocycles. The number of nitrogens with two attached hydrogens (primary N) is 2. The molecule has 0 saturated carbocycles. The van der Waals surface area contributed by atoms with Crippen LogP contribution < -0.4 is 11.5 Å². The maximum atomic E-state index is 11.7. The van der Waals surface area contributed by atoms with Crippen molar-refractivity contribution in [2.75, 3.05) is 12.3 Å². The number of primary amides is 1. The Kier molecular flexibility index (Phi) is 4.76. The molecule has 0 radical (unpaired) electrons. The third-order valence-corrected chi connectivity index (χ3v) is 3.87. The Labute approximate surface area is 137 Å². The van der Waals surface area contributed by atoms with Crippen molar-refractivity contribution in [2.45, 2.75) is 38.9 Å². The van der Waals surface area contributed by atoms with Crippen molar-refractivity contribution in [3.8, 4) is 0 Å². The first-order chi connectivity index (χ1) is 10.8. The highest BCUT2D eigenvalue weighted by Crippen LogP contribution is 2.34. The normalized spacial score (nSPS) is 26.5. The molecule has 7 N–H and O–H groups in total. The molecule has 1 amide bonds. The molecule has 10 heteroatoms. The third kappa shape index (κ3) is 2.59. The summed E-state index contributed by atoms with van der Waals surface area (Å²) in [7, 11) is 0. The van der Waals surface area contributed by atoms with Crippen LogP contribution in [0.15, 0.2) is 6.20 Å². The van der Waals surface area contributed by atoms with Crippen LogP contribution in [-0.4, -0.2) is 60.7 Å². The van der Waals surface area contributed by atoms with Crippen LogP contribution in [0.4, 0.5) is 5.82 Å². The number of carbonyl (C=O) groups excluding carboxylic acids is 1. The smallest absolute Gasteiger partial charge is 0.251 e. The summed E-state index contributed by atoms with van der Waals surface area (Å²) >= 11 is 0. The van der Waals surface area contributed by atoms with E-state index in [1.54, 1.807) is 6.92 Å². The van der Waals surface area contributed by atoms with E-state index >= 15 is 0 Å². The number of fused-ring (bicyclic) bond motifs is 1. The monoisotopic (exact) mass is 339 g/mol. The van der Waals surface area contributed by atoms with E-state index < -0.39 is 37.1 Å². The van der Waals surface area contributed by atoms with Crippen molar-refractivity contribution in [3.05, 3.63) is 17.6 Å². The standard InChI is InChI=1S/C13H17N5O5.CH4/c1-4-16-10(14)7-5(11(15)22)2-18(12(7)17-4)13-9(21)8(20)6(3-19)23-13;/h2,6,8-9,13,19-21H,3H2,1H3,(H2,15,22)(H2,14,16,17);1H4. The molecule has 1 fully saturated rings. The first-order valence-corrected chi connectivity index (χ1v) is 6.92. The third-order valence-electron chi connectivity index (χ3n) is 3.87. The Bertz CT molecular complexity index is 776. The summed E-state index contributed by atoms with van der Waals surface area (Å²) < 4.78 is 6.83. The lowest BCUT2D eigenvalue weighted by molar-refractivity contribution is -0.0509. The minimum Gasteiger partial charge on any atom is -0.394 e. The maximum Gasteiger partial charge on any atom is 0.251 e. The lowest BCUT2D eigenvalue weighted by Gasteiger charge is -2.17. The topological polar surface area (TPSA) is 170 Å². The zero-order chi connectivity index (χ0) is 16.9. The van der Waals surface area contributed by atoms with Gasteiger partial charge in [-0.3, -0.25) is 4.79 Å². The van der Waals surface area contributed by atoms with E-state index in [1.165, 1.54) is 10.8 Å². The molecule has 1 saturated heterocycles. The van der Waals surface area contributed by atoms with Crippen molar-refractivity contribution in [3.63, 3.8) is 0 Å². The van der Waals surface area contributed by atoms with E-state index in [4.69, 9.17) is 16.2 Å². The van der Waals surface area contributed by atoms with Crippen LogP contribution in [0.25, 0.3) is 11.0 Å². The summed E-state index contributed by atoms with van der Waals surface area (Å²) in [6.45, 7) is 1.15. The fourth-order valence-corrected chi connectivity index (χ4v) is 2.78. The van der Waals surface area contributed by atoms with Crippen molar-refractivity contribution in [1.82, 2.24) is 14.5 Å². The molecular weight excluding hydrogens is 318 g/mol. The minimum absolute atomic E-state index is 0. The summed E-state index contributed by atoms with van der Waals surface area (Å²) in [5, 5.41) is 29.5. The van der Waals surface area contributed by atoms with Gasteiger partial charge in [-0.15, -0.1) is 0 Å². The average Bonchev–Trinajstić information content (AvgIpc) is 2.99. The van der Waals surface area contributed by atoms with E-state index in [1.807, 2.05) is 0 Å². The van der Waals surface area contributed by atoms with Crippen LogP contribution in [-0.2, 0) is 4.74 Å². The molecule has 2 aromatic heterocycles. The summed E-state index contributed by atoms with van der Waals surface area (Å²) in [6.07, 6.45) is -3.26. The van der Waals surface area contributed by atoms with E-state index in [2.05, 4.69) is 9.97 Å². The summed E-state index contributed by atoms with van der Waals surface area (Å²) in [4.78, 5) is 19.9. The van der Waals surface area contributed by atoms with E-state index in [-0.39, 0.29) is 29.8 Å². The SMILES string of the molecule is C.Cc1nc(N)c2c(C(N)=O)cn(C3OC(CO)C(O)C3O)c2n1. The van der Waals surface area contributed by atoms with Gasteiger partial charge in [0.05, 0.1) is 17.6 Å². The zero-order valence-corrected chi connectivity index (χ0v) is 12.2. The van der Waals surface area contributed by atoms with Gasteiger partial charge in [0.15, 0.2) is 6.23 Å². The highest BCUT2D eigenvalue weighted by Gasteiger charge is 2.44. The number of aliphatic hydroxyl groups is 3. The van der Waals surface area contributed by atoms with Gasteiger partial charge < -0.3 is 36.1 Å².